The maximum atomic E-state index is 14.2. The Morgan fingerprint density at radius 3 is 2.63 bits per heavy atom. The summed E-state index contributed by atoms with van der Waals surface area (Å²) < 4.78 is 11.1. The van der Waals surface area contributed by atoms with Crippen LogP contribution < -0.4 is 15.0 Å². The summed E-state index contributed by atoms with van der Waals surface area (Å²) in [5.74, 6) is 0.412. The summed E-state index contributed by atoms with van der Waals surface area (Å²) in [6, 6.07) is 18.1. The Hall–Kier alpha value is -3.26. The van der Waals surface area contributed by atoms with Crippen LogP contribution in [0.15, 0.2) is 60.7 Å². The molecule has 0 aromatic heterocycles. The summed E-state index contributed by atoms with van der Waals surface area (Å²) in [5.41, 5.74) is 2.84. The molecule has 38 heavy (non-hydrogen) atoms. The number of carbonyl (C=O) groups is 2. The third kappa shape index (κ3) is 4.10. The van der Waals surface area contributed by atoms with Gasteiger partial charge in [-0.2, -0.15) is 0 Å². The number of anilines is 2. The molecule has 0 saturated carbocycles. The molecule has 3 heterocycles. The highest BCUT2D eigenvalue weighted by Gasteiger charge is 2.57. The molecule has 2 amide bonds. The predicted molar refractivity (Wildman–Crippen MR) is 147 cm³/mol. The van der Waals surface area contributed by atoms with Gasteiger partial charge in [-0.25, -0.2) is 0 Å². The SMILES string of the molecule is COc1ccc2c(c1)N(C1(Cc3cccc(Cl)c3)C(=O)Nc3cc(Cl)ccc31)C(C(=O)N1CCOCC1)C2. The molecule has 3 aromatic rings. The quantitative estimate of drug-likeness (QED) is 0.498. The van der Waals surface area contributed by atoms with Crippen LogP contribution in [-0.4, -0.2) is 56.2 Å². The summed E-state index contributed by atoms with van der Waals surface area (Å²) in [6.45, 7) is 2.02. The molecule has 196 valence electrons. The van der Waals surface area contributed by atoms with E-state index in [2.05, 4.69) is 5.32 Å². The normalized spacial score (nSPS) is 22.2. The van der Waals surface area contributed by atoms with Gasteiger partial charge >= 0.3 is 0 Å². The van der Waals surface area contributed by atoms with E-state index in [9.17, 15) is 9.59 Å². The number of rotatable bonds is 5. The lowest BCUT2D eigenvalue weighted by Crippen LogP contribution is -2.60. The molecule has 1 N–H and O–H groups in total. The highest BCUT2D eigenvalue weighted by atomic mass is 35.5. The first kappa shape index (κ1) is 25.0. The van der Waals surface area contributed by atoms with Gasteiger partial charge in [-0.3, -0.25) is 9.59 Å². The number of nitrogens with zero attached hydrogens (tertiary/aromatic N) is 2. The van der Waals surface area contributed by atoms with Crippen LogP contribution in [0.4, 0.5) is 11.4 Å². The molecule has 6 rings (SSSR count). The van der Waals surface area contributed by atoms with Gasteiger partial charge in [0, 0.05) is 59.0 Å². The van der Waals surface area contributed by atoms with Crippen molar-refractivity contribution in [3.05, 3.63) is 87.4 Å². The molecule has 3 aliphatic rings. The van der Waals surface area contributed by atoms with Gasteiger partial charge in [-0.05, 0) is 41.5 Å². The molecule has 0 bridgehead atoms. The monoisotopic (exact) mass is 551 g/mol. The lowest BCUT2D eigenvalue weighted by Gasteiger charge is -2.44. The molecular weight excluding hydrogens is 525 g/mol. The molecule has 0 aliphatic carbocycles. The van der Waals surface area contributed by atoms with E-state index in [-0.39, 0.29) is 11.8 Å². The Morgan fingerprint density at radius 1 is 1.08 bits per heavy atom. The molecule has 9 heteroatoms. The Labute approximate surface area is 231 Å². The molecule has 1 saturated heterocycles. The van der Waals surface area contributed by atoms with Gasteiger partial charge in [-0.15, -0.1) is 0 Å². The fourth-order valence-corrected chi connectivity index (χ4v) is 6.35. The number of halogens is 2. The maximum Gasteiger partial charge on any atom is 0.255 e. The van der Waals surface area contributed by atoms with Crippen molar-refractivity contribution < 1.29 is 19.1 Å². The van der Waals surface area contributed by atoms with E-state index >= 15 is 0 Å². The second kappa shape index (κ2) is 9.80. The average Bonchev–Trinajstić information content (AvgIpc) is 3.43. The number of hydrogen-bond acceptors (Lipinski definition) is 5. The minimum atomic E-state index is -1.23. The van der Waals surface area contributed by atoms with Crippen LogP contribution in [0.3, 0.4) is 0 Å². The Bertz CT molecular complexity index is 1420. The van der Waals surface area contributed by atoms with Crippen molar-refractivity contribution >= 4 is 46.4 Å². The lowest BCUT2D eigenvalue weighted by atomic mass is 9.82. The van der Waals surface area contributed by atoms with Gasteiger partial charge in [0.25, 0.3) is 5.91 Å². The number of amides is 2. The van der Waals surface area contributed by atoms with Crippen LogP contribution in [0, 0.1) is 0 Å². The van der Waals surface area contributed by atoms with Crippen molar-refractivity contribution in [1.29, 1.82) is 0 Å². The van der Waals surface area contributed by atoms with Crippen molar-refractivity contribution in [2.75, 3.05) is 43.6 Å². The molecule has 0 spiro atoms. The summed E-state index contributed by atoms with van der Waals surface area (Å²) in [6.07, 6.45) is 0.778. The highest BCUT2D eigenvalue weighted by molar-refractivity contribution is 6.31. The highest BCUT2D eigenvalue weighted by Crippen LogP contribution is 2.51. The zero-order chi connectivity index (χ0) is 26.4. The van der Waals surface area contributed by atoms with Crippen LogP contribution in [-0.2, 0) is 32.7 Å². The van der Waals surface area contributed by atoms with Crippen molar-refractivity contribution in [3.63, 3.8) is 0 Å². The average molecular weight is 552 g/mol. The van der Waals surface area contributed by atoms with Gasteiger partial charge < -0.3 is 24.6 Å². The van der Waals surface area contributed by atoms with Gasteiger partial charge in [0.05, 0.1) is 20.3 Å². The number of hydrogen-bond donors (Lipinski definition) is 1. The summed E-state index contributed by atoms with van der Waals surface area (Å²) in [7, 11) is 1.61. The number of fused-ring (bicyclic) bond motifs is 2. The number of ether oxygens (including phenoxy) is 2. The van der Waals surface area contributed by atoms with E-state index in [1.54, 1.807) is 25.3 Å². The predicted octanol–water partition coefficient (Wildman–Crippen LogP) is 4.68. The zero-order valence-electron chi connectivity index (χ0n) is 20.9. The fraction of sp³-hybridized carbons (Fsp3) is 0.310. The van der Waals surface area contributed by atoms with Crippen LogP contribution in [0.1, 0.15) is 16.7 Å². The Balaban J connectivity index is 1.57. The van der Waals surface area contributed by atoms with Crippen LogP contribution in [0.5, 0.6) is 5.75 Å². The summed E-state index contributed by atoms with van der Waals surface area (Å²) in [5, 5.41) is 4.17. The van der Waals surface area contributed by atoms with Crippen molar-refractivity contribution in [2.45, 2.75) is 24.4 Å². The number of morpholine rings is 1. The largest absolute Gasteiger partial charge is 0.497 e. The van der Waals surface area contributed by atoms with Crippen molar-refractivity contribution in [3.8, 4) is 5.75 Å². The van der Waals surface area contributed by atoms with E-state index in [0.717, 1.165) is 22.4 Å². The van der Waals surface area contributed by atoms with Gasteiger partial charge in [0.2, 0.25) is 5.91 Å². The fourth-order valence-electron chi connectivity index (χ4n) is 5.97. The van der Waals surface area contributed by atoms with Crippen LogP contribution >= 0.6 is 23.2 Å². The summed E-state index contributed by atoms with van der Waals surface area (Å²) in [4.78, 5) is 32.2. The molecule has 2 atom stereocenters. The van der Waals surface area contributed by atoms with Crippen LogP contribution in [0.2, 0.25) is 10.0 Å². The molecule has 7 nitrogen and oxygen atoms in total. The van der Waals surface area contributed by atoms with Crippen molar-refractivity contribution in [1.82, 2.24) is 4.90 Å². The minimum Gasteiger partial charge on any atom is -0.497 e. The van der Waals surface area contributed by atoms with E-state index in [0.29, 0.717) is 60.6 Å². The molecule has 2 unspecified atom stereocenters. The standard InChI is InChI=1S/C29H27Cl2N3O4/c1-37-22-7-5-19-14-26(27(35)33-9-11-38-12-10-33)34(25(19)16-22)29(17-18-3-2-4-20(30)13-18)23-8-6-21(31)15-24(23)32-28(29)36/h2-8,13,15-16,26H,9-12,14,17H2,1H3,(H,32,36). The smallest absolute Gasteiger partial charge is 0.255 e. The third-order valence-corrected chi connectivity index (χ3v) is 8.17. The van der Waals surface area contributed by atoms with Gasteiger partial charge in [0.1, 0.15) is 11.8 Å². The van der Waals surface area contributed by atoms with Gasteiger partial charge in [0.15, 0.2) is 5.54 Å². The number of carbonyl (C=O) groups excluding carboxylic acids is 2. The van der Waals surface area contributed by atoms with Crippen LogP contribution in [0.25, 0.3) is 0 Å². The first-order valence-corrected chi connectivity index (χ1v) is 13.3. The number of nitrogens with one attached hydrogen (secondary N) is 1. The van der Waals surface area contributed by atoms with E-state index in [4.69, 9.17) is 32.7 Å². The minimum absolute atomic E-state index is 0.0239. The first-order valence-electron chi connectivity index (χ1n) is 12.6. The molecule has 3 aromatic carbocycles. The second-order valence-electron chi connectivity index (χ2n) is 9.83. The molecule has 1 fully saturated rings. The van der Waals surface area contributed by atoms with E-state index < -0.39 is 11.6 Å². The second-order valence-corrected chi connectivity index (χ2v) is 10.7. The van der Waals surface area contributed by atoms with E-state index in [1.165, 1.54) is 0 Å². The zero-order valence-corrected chi connectivity index (χ0v) is 22.4. The molecule has 3 aliphatic heterocycles. The van der Waals surface area contributed by atoms with Crippen molar-refractivity contribution in [2.24, 2.45) is 0 Å². The lowest BCUT2D eigenvalue weighted by molar-refractivity contribution is -0.137. The van der Waals surface area contributed by atoms with Gasteiger partial charge in [-0.1, -0.05) is 47.5 Å². The van der Waals surface area contributed by atoms with E-state index in [1.807, 2.05) is 52.3 Å². The molecular formula is C29H27Cl2N3O4. The maximum absolute atomic E-state index is 14.2. The first-order chi connectivity index (χ1) is 18.4. The Kier molecular flexibility index (Phi) is 6.46. The summed E-state index contributed by atoms with van der Waals surface area (Å²) >= 11 is 12.7. The molecule has 0 radical (unpaired) electrons. The topological polar surface area (TPSA) is 71.1 Å². The third-order valence-electron chi connectivity index (χ3n) is 7.70. The number of methoxy groups -OCH3 is 1. The Morgan fingerprint density at radius 2 is 1.87 bits per heavy atom. The number of benzene rings is 3.